The summed E-state index contributed by atoms with van der Waals surface area (Å²) in [5, 5.41) is 0. The highest BCUT2D eigenvalue weighted by Gasteiger charge is 2.33. The molecule has 0 radical (unpaired) electrons. The summed E-state index contributed by atoms with van der Waals surface area (Å²) in [5.41, 5.74) is 7.80. The molecule has 1 aromatic rings. The summed E-state index contributed by atoms with van der Waals surface area (Å²) < 4.78 is 10.8. The molecule has 1 saturated heterocycles. The van der Waals surface area contributed by atoms with E-state index >= 15 is 0 Å². The summed E-state index contributed by atoms with van der Waals surface area (Å²) in [5.74, 6) is -0.329. The first kappa shape index (κ1) is 15.6. The lowest BCUT2D eigenvalue weighted by atomic mass is 9.93. The van der Waals surface area contributed by atoms with Crippen molar-refractivity contribution < 1.29 is 14.3 Å². The van der Waals surface area contributed by atoms with Crippen LogP contribution < -0.4 is 10.6 Å². The van der Waals surface area contributed by atoms with E-state index in [2.05, 4.69) is 11.8 Å². The molecular formula is C16H24N2O3. The second-order valence-corrected chi connectivity index (χ2v) is 5.64. The molecular weight excluding hydrogens is 268 g/mol. The standard InChI is InChI=1S/C16H24N2O3/c1-4-21-15(19)12-7-5-8-13(17)14(12)18-10-6-9-16(2,11-18)20-3/h5,7-8H,4,6,9-11,17H2,1-3H3. The predicted octanol–water partition coefficient (Wildman–Crippen LogP) is 2.45. The number of benzene rings is 1. The van der Waals surface area contributed by atoms with E-state index in [4.69, 9.17) is 15.2 Å². The van der Waals surface area contributed by atoms with Crippen molar-refractivity contribution in [3.63, 3.8) is 0 Å². The highest BCUT2D eigenvalue weighted by atomic mass is 16.5. The van der Waals surface area contributed by atoms with Crippen LogP contribution in [0.4, 0.5) is 11.4 Å². The van der Waals surface area contributed by atoms with Crippen LogP contribution in [0.2, 0.25) is 0 Å². The molecule has 1 aliphatic heterocycles. The van der Waals surface area contributed by atoms with Crippen molar-refractivity contribution in [3.05, 3.63) is 23.8 Å². The monoisotopic (exact) mass is 292 g/mol. The fourth-order valence-electron chi connectivity index (χ4n) is 2.85. The van der Waals surface area contributed by atoms with Gasteiger partial charge in [0.25, 0.3) is 0 Å². The molecule has 0 aliphatic carbocycles. The number of esters is 1. The fourth-order valence-corrected chi connectivity index (χ4v) is 2.85. The van der Waals surface area contributed by atoms with Crippen LogP contribution in [0.5, 0.6) is 0 Å². The van der Waals surface area contributed by atoms with Crippen LogP contribution in [0, 0.1) is 0 Å². The number of methoxy groups -OCH3 is 1. The Kier molecular flexibility index (Phi) is 4.73. The number of anilines is 2. The Morgan fingerprint density at radius 3 is 2.90 bits per heavy atom. The summed E-state index contributed by atoms with van der Waals surface area (Å²) >= 11 is 0. The van der Waals surface area contributed by atoms with Gasteiger partial charge in [-0.3, -0.25) is 0 Å². The maximum atomic E-state index is 12.2. The molecule has 1 atom stereocenters. The topological polar surface area (TPSA) is 64.8 Å². The lowest BCUT2D eigenvalue weighted by Gasteiger charge is -2.41. The number of hydrogen-bond donors (Lipinski definition) is 1. The van der Waals surface area contributed by atoms with Crippen molar-refractivity contribution in [2.24, 2.45) is 0 Å². The van der Waals surface area contributed by atoms with E-state index in [-0.39, 0.29) is 11.6 Å². The molecule has 5 heteroatoms. The molecule has 0 saturated carbocycles. The Balaban J connectivity index is 2.36. The highest BCUT2D eigenvalue weighted by molar-refractivity contribution is 5.99. The number of carbonyl (C=O) groups is 1. The van der Waals surface area contributed by atoms with Crippen molar-refractivity contribution in [2.75, 3.05) is 37.4 Å². The third-order valence-electron chi connectivity index (χ3n) is 4.03. The number of carbonyl (C=O) groups excluding carboxylic acids is 1. The Labute approximate surface area is 126 Å². The quantitative estimate of drug-likeness (QED) is 0.682. The van der Waals surface area contributed by atoms with Crippen molar-refractivity contribution in [1.29, 1.82) is 0 Å². The van der Waals surface area contributed by atoms with Gasteiger partial charge in [0, 0.05) is 20.2 Å². The molecule has 21 heavy (non-hydrogen) atoms. The lowest BCUT2D eigenvalue weighted by molar-refractivity contribution is -0.00471. The van der Waals surface area contributed by atoms with E-state index in [1.165, 1.54) is 0 Å². The Morgan fingerprint density at radius 2 is 2.24 bits per heavy atom. The summed E-state index contributed by atoms with van der Waals surface area (Å²) in [4.78, 5) is 14.3. The van der Waals surface area contributed by atoms with Gasteiger partial charge in [0.1, 0.15) is 0 Å². The van der Waals surface area contributed by atoms with Gasteiger partial charge in [0.05, 0.1) is 29.1 Å². The first-order valence-electron chi connectivity index (χ1n) is 7.36. The number of nitrogens with zero attached hydrogens (tertiary/aromatic N) is 1. The van der Waals surface area contributed by atoms with Gasteiger partial charge >= 0.3 is 5.97 Å². The molecule has 2 N–H and O–H groups in total. The van der Waals surface area contributed by atoms with Crippen molar-refractivity contribution in [3.8, 4) is 0 Å². The molecule has 0 aromatic heterocycles. The van der Waals surface area contributed by atoms with Gasteiger partial charge in [-0.05, 0) is 38.8 Å². The SMILES string of the molecule is CCOC(=O)c1cccc(N)c1N1CCCC(C)(OC)C1. The molecule has 1 aliphatic rings. The van der Waals surface area contributed by atoms with Crippen molar-refractivity contribution in [1.82, 2.24) is 0 Å². The molecule has 2 rings (SSSR count). The molecule has 1 fully saturated rings. The maximum Gasteiger partial charge on any atom is 0.340 e. The van der Waals surface area contributed by atoms with E-state index in [0.29, 0.717) is 24.4 Å². The smallest absolute Gasteiger partial charge is 0.340 e. The van der Waals surface area contributed by atoms with Gasteiger partial charge in [0.15, 0.2) is 0 Å². The fraction of sp³-hybridized carbons (Fsp3) is 0.562. The number of nitrogen functional groups attached to an aromatic ring is 1. The van der Waals surface area contributed by atoms with E-state index in [1.807, 2.05) is 6.07 Å². The molecule has 1 unspecified atom stereocenters. The Hall–Kier alpha value is -1.75. The second-order valence-electron chi connectivity index (χ2n) is 5.64. The zero-order valence-electron chi connectivity index (χ0n) is 13.0. The molecule has 0 spiro atoms. The number of hydrogen-bond acceptors (Lipinski definition) is 5. The first-order valence-corrected chi connectivity index (χ1v) is 7.36. The van der Waals surface area contributed by atoms with E-state index in [0.717, 1.165) is 25.1 Å². The maximum absolute atomic E-state index is 12.2. The largest absolute Gasteiger partial charge is 0.462 e. The summed E-state index contributed by atoms with van der Waals surface area (Å²) in [6, 6.07) is 5.36. The van der Waals surface area contributed by atoms with E-state index in [9.17, 15) is 4.79 Å². The van der Waals surface area contributed by atoms with E-state index < -0.39 is 0 Å². The van der Waals surface area contributed by atoms with Gasteiger partial charge in [-0.1, -0.05) is 6.07 Å². The van der Waals surface area contributed by atoms with Gasteiger partial charge in [-0.15, -0.1) is 0 Å². The number of piperidine rings is 1. The minimum absolute atomic E-state index is 0.216. The highest BCUT2D eigenvalue weighted by Crippen LogP contribution is 2.34. The Morgan fingerprint density at radius 1 is 1.48 bits per heavy atom. The number of para-hydroxylation sites is 1. The summed E-state index contributed by atoms with van der Waals surface area (Å²) in [6.07, 6.45) is 2.00. The third-order valence-corrected chi connectivity index (χ3v) is 4.03. The third kappa shape index (κ3) is 3.29. The summed E-state index contributed by atoms with van der Waals surface area (Å²) in [7, 11) is 1.73. The minimum atomic E-state index is -0.329. The molecule has 0 amide bonds. The van der Waals surface area contributed by atoms with Crippen molar-refractivity contribution >= 4 is 17.3 Å². The molecule has 1 aromatic carbocycles. The molecule has 0 bridgehead atoms. The van der Waals surface area contributed by atoms with Crippen LogP contribution in [-0.2, 0) is 9.47 Å². The van der Waals surface area contributed by atoms with Crippen LogP contribution in [-0.4, -0.2) is 38.4 Å². The number of nitrogens with two attached hydrogens (primary N) is 1. The zero-order chi connectivity index (χ0) is 15.5. The molecule has 1 heterocycles. The Bertz CT molecular complexity index is 518. The van der Waals surface area contributed by atoms with Crippen LogP contribution in [0.1, 0.15) is 37.0 Å². The van der Waals surface area contributed by atoms with Gasteiger partial charge in [-0.25, -0.2) is 4.79 Å². The second kappa shape index (κ2) is 6.35. The van der Waals surface area contributed by atoms with Gasteiger partial charge in [0.2, 0.25) is 0 Å². The molecule has 5 nitrogen and oxygen atoms in total. The number of ether oxygens (including phenoxy) is 2. The molecule has 116 valence electrons. The van der Waals surface area contributed by atoms with Gasteiger partial charge < -0.3 is 20.1 Å². The average molecular weight is 292 g/mol. The average Bonchev–Trinajstić information content (AvgIpc) is 2.47. The number of rotatable bonds is 4. The van der Waals surface area contributed by atoms with Crippen LogP contribution in [0.3, 0.4) is 0 Å². The zero-order valence-corrected chi connectivity index (χ0v) is 13.0. The van der Waals surface area contributed by atoms with Crippen molar-refractivity contribution in [2.45, 2.75) is 32.3 Å². The predicted molar refractivity (Wildman–Crippen MR) is 83.7 cm³/mol. The van der Waals surface area contributed by atoms with Crippen LogP contribution in [0.25, 0.3) is 0 Å². The summed E-state index contributed by atoms with van der Waals surface area (Å²) in [6.45, 7) is 5.81. The van der Waals surface area contributed by atoms with E-state index in [1.54, 1.807) is 26.2 Å². The van der Waals surface area contributed by atoms with Crippen LogP contribution >= 0.6 is 0 Å². The van der Waals surface area contributed by atoms with Gasteiger partial charge in [-0.2, -0.15) is 0 Å². The lowest BCUT2D eigenvalue weighted by Crippen LogP contribution is -2.48. The van der Waals surface area contributed by atoms with Crippen LogP contribution in [0.15, 0.2) is 18.2 Å². The normalized spacial score (nSPS) is 22.1. The minimum Gasteiger partial charge on any atom is -0.462 e. The first-order chi connectivity index (χ1) is 10.0.